The highest BCUT2D eigenvalue weighted by Crippen LogP contribution is 2.24. The molecule has 0 aliphatic carbocycles. The van der Waals surface area contributed by atoms with E-state index in [9.17, 15) is 0 Å². The Kier molecular flexibility index (Phi) is 17.7. The van der Waals surface area contributed by atoms with Gasteiger partial charge in [0.05, 0.1) is 24.1 Å². The lowest BCUT2D eigenvalue weighted by Gasteiger charge is -2.02. The molecule has 0 aromatic carbocycles. The zero-order valence-electron chi connectivity index (χ0n) is 25.7. The van der Waals surface area contributed by atoms with Gasteiger partial charge in [0.1, 0.15) is 0 Å². The molecule has 1 aliphatic rings. The molecule has 6 heteroatoms. The van der Waals surface area contributed by atoms with Crippen molar-refractivity contribution in [1.29, 1.82) is 0 Å². The zero-order valence-corrected chi connectivity index (χ0v) is 25.7. The Balaban J connectivity index is 0.000000484. The van der Waals surface area contributed by atoms with Gasteiger partial charge in [-0.15, -0.1) is 0 Å². The summed E-state index contributed by atoms with van der Waals surface area (Å²) in [4.78, 5) is 0. The molecule has 1 N–H and O–H groups in total. The Morgan fingerprint density at radius 2 is 1.38 bits per heavy atom. The third-order valence-electron chi connectivity index (χ3n) is 5.65. The Bertz CT molecular complexity index is 1050. The van der Waals surface area contributed by atoms with E-state index in [2.05, 4.69) is 72.7 Å². The van der Waals surface area contributed by atoms with E-state index in [0.717, 1.165) is 6.54 Å². The van der Waals surface area contributed by atoms with Gasteiger partial charge in [-0.3, -0.25) is 9.78 Å². The van der Waals surface area contributed by atoms with Crippen LogP contribution in [0.25, 0.3) is 5.52 Å². The second kappa shape index (κ2) is 19.3. The topological polar surface area (TPSA) is 63.8 Å². The third kappa shape index (κ3) is 10.6. The van der Waals surface area contributed by atoms with Gasteiger partial charge in [-0.05, 0) is 53.9 Å². The highest BCUT2D eigenvalue weighted by molar-refractivity contribution is 5.54. The molecule has 0 radical (unpaired) electrons. The molecule has 6 nitrogen and oxygen atoms in total. The summed E-state index contributed by atoms with van der Waals surface area (Å²) >= 11 is 0. The predicted molar refractivity (Wildman–Crippen MR) is 161 cm³/mol. The quantitative estimate of drug-likeness (QED) is 0.299. The van der Waals surface area contributed by atoms with E-state index in [0.29, 0.717) is 17.8 Å². The summed E-state index contributed by atoms with van der Waals surface area (Å²) < 4.78 is 4.06. The first kappa shape index (κ1) is 34.1. The highest BCUT2D eigenvalue weighted by Gasteiger charge is 2.17. The average molecular weight is 511 g/mol. The molecule has 4 aromatic rings. The van der Waals surface area contributed by atoms with E-state index in [-0.39, 0.29) is 0 Å². The van der Waals surface area contributed by atoms with Crippen molar-refractivity contribution in [3.05, 3.63) is 71.6 Å². The van der Waals surface area contributed by atoms with Crippen LogP contribution in [0.1, 0.15) is 130 Å². The molecule has 0 fully saturated rings. The summed E-state index contributed by atoms with van der Waals surface area (Å²) in [5.41, 5.74) is 6.72. The van der Waals surface area contributed by atoms with E-state index in [1.807, 2.05) is 89.2 Å². The van der Waals surface area contributed by atoms with Crippen molar-refractivity contribution in [1.82, 2.24) is 29.6 Å². The second-order valence-electron chi connectivity index (χ2n) is 9.00. The zero-order chi connectivity index (χ0) is 28.4. The van der Waals surface area contributed by atoms with Crippen LogP contribution < -0.4 is 0 Å². The third-order valence-corrected chi connectivity index (χ3v) is 5.65. The number of nitrogens with one attached hydrogen (secondary N) is 1. The fourth-order valence-electron chi connectivity index (χ4n) is 3.75. The molecular weight excluding hydrogens is 456 g/mol. The maximum absolute atomic E-state index is 4.33. The molecule has 4 aromatic heterocycles. The van der Waals surface area contributed by atoms with Crippen LogP contribution in [0.15, 0.2) is 49.2 Å². The van der Waals surface area contributed by atoms with Gasteiger partial charge in [0.2, 0.25) is 0 Å². The van der Waals surface area contributed by atoms with Crippen LogP contribution >= 0.6 is 0 Å². The molecule has 0 unspecified atom stereocenters. The molecule has 5 heterocycles. The molecule has 0 spiro atoms. The molecule has 0 saturated heterocycles. The summed E-state index contributed by atoms with van der Waals surface area (Å²) in [5.74, 6) is 1.77. The molecule has 208 valence electrons. The second-order valence-corrected chi connectivity index (χ2v) is 9.00. The summed E-state index contributed by atoms with van der Waals surface area (Å²) in [6, 6.07) is 6.13. The SMILES string of the molecule is CC.CC.CC.CC(C)c1cn[nH]c1.CC(C)c1cnn2c1CCC2.CC(C)c1cnn2ccccc12. The van der Waals surface area contributed by atoms with Gasteiger partial charge in [-0.25, -0.2) is 4.52 Å². The summed E-state index contributed by atoms with van der Waals surface area (Å²) in [7, 11) is 0. The minimum Gasteiger partial charge on any atom is -0.285 e. The van der Waals surface area contributed by atoms with Gasteiger partial charge < -0.3 is 0 Å². The van der Waals surface area contributed by atoms with E-state index in [4.69, 9.17) is 0 Å². The Morgan fingerprint density at radius 1 is 0.757 bits per heavy atom. The molecule has 5 rings (SSSR count). The average Bonchev–Trinajstić information content (AvgIpc) is 3.72. The maximum Gasteiger partial charge on any atom is 0.0696 e. The lowest BCUT2D eigenvalue weighted by Crippen LogP contribution is -1.95. The number of hydrogen-bond donors (Lipinski definition) is 1. The number of H-pyrrole nitrogens is 1. The van der Waals surface area contributed by atoms with Crippen LogP contribution in [0.2, 0.25) is 0 Å². The molecular formula is C31H54N6. The van der Waals surface area contributed by atoms with Gasteiger partial charge >= 0.3 is 0 Å². The molecule has 0 bridgehead atoms. The van der Waals surface area contributed by atoms with Crippen molar-refractivity contribution in [3.63, 3.8) is 0 Å². The lowest BCUT2D eigenvalue weighted by molar-refractivity contribution is 0.656. The fourth-order valence-corrected chi connectivity index (χ4v) is 3.75. The van der Waals surface area contributed by atoms with Crippen LogP contribution in [0.5, 0.6) is 0 Å². The van der Waals surface area contributed by atoms with Gasteiger partial charge in [-0.2, -0.15) is 15.3 Å². The van der Waals surface area contributed by atoms with Crippen molar-refractivity contribution in [2.45, 2.75) is 120 Å². The summed E-state index contributed by atoms with van der Waals surface area (Å²) in [6.07, 6.45) is 12.2. The number of nitrogens with zero attached hydrogens (tertiary/aromatic N) is 5. The molecule has 0 atom stereocenters. The Labute approximate surface area is 226 Å². The van der Waals surface area contributed by atoms with Crippen molar-refractivity contribution < 1.29 is 0 Å². The normalized spacial score (nSPS) is 11.1. The number of aromatic nitrogens is 6. The van der Waals surface area contributed by atoms with Gasteiger partial charge in [-0.1, -0.05) is 89.2 Å². The highest BCUT2D eigenvalue weighted by atomic mass is 15.3. The van der Waals surface area contributed by atoms with E-state index in [1.165, 1.54) is 40.7 Å². The number of aromatic amines is 1. The Hall–Kier alpha value is -2.89. The Morgan fingerprint density at radius 3 is 1.89 bits per heavy atom. The standard InChI is InChI=1S/C10H12N2.C9H14N2.C6H10N2.3C2H6/c1-8(2)9-7-11-12-6-4-3-5-10(9)12;1-7(2)8-6-10-11-5-3-4-9(8)11;1-5(2)6-3-7-8-4-6;3*1-2/h3-8H,1-2H3;6-7H,3-5H2,1-2H3;3-5H,1-2H3,(H,7,8);3*1-2H3. The van der Waals surface area contributed by atoms with Gasteiger partial charge in [0.25, 0.3) is 0 Å². The van der Waals surface area contributed by atoms with Crippen molar-refractivity contribution in [2.75, 3.05) is 0 Å². The first-order valence-corrected chi connectivity index (χ1v) is 14.3. The molecule has 0 saturated carbocycles. The largest absolute Gasteiger partial charge is 0.285 e. The number of rotatable bonds is 3. The van der Waals surface area contributed by atoms with Crippen LogP contribution in [0.3, 0.4) is 0 Å². The predicted octanol–water partition coefficient (Wildman–Crippen LogP) is 9.02. The number of aryl methyl sites for hydroxylation is 1. The molecule has 37 heavy (non-hydrogen) atoms. The van der Waals surface area contributed by atoms with Crippen molar-refractivity contribution in [3.8, 4) is 0 Å². The fraction of sp³-hybridized carbons (Fsp3) is 0.581. The minimum absolute atomic E-state index is 0.546. The molecule has 0 amide bonds. The summed E-state index contributed by atoms with van der Waals surface area (Å²) in [5, 5.41) is 15.2. The minimum atomic E-state index is 0.546. The lowest BCUT2D eigenvalue weighted by atomic mass is 10.0. The van der Waals surface area contributed by atoms with Crippen LogP contribution in [-0.4, -0.2) is 29.6 Å². The number of fused-ring (bicyclic) bond motifs is 2. The van der Waals surface area contributed by atoms with Crippen LogP contribution in [0, 0.1) is 0 Å². The summed E-state index contributed by atoms with van der Waals surface area (Å²) in [6.45, 7) is 26.2. The van der Waals surface area contributed by atoms with Crippen molar-refractivity contribution >= 4 is 5.52 Å². The van der Waals surface area contributed by atoms with Crippen molar-refractivity contribution in [2.24, 2.45) is 0 Å². The van der Waals surface area contributed by atoms with E-state index in [1.54, 1.807) is 0 Å². The van der Waals surface area contributed by atoms with Gasteiger partial charge in [0, 0.05) is 30.2 Å². The van der Waals surface area contributed by atoms with Crippen LogP contribution in [-0.2, 0) is 13.0 Å². The first-order chi connectivity index (χ1) is 17.9. The number of hydrogen-bond acceptors (Lipinski definition) is 3. The first-order valence-electron chi connectivity index (χ1n) is 14.3. The monoisotopic (exact) mass is 510 g/mol. The van der Waals surface area contributed by atoms with E-state index >= 15 is 0 Å². The van der Waals surface area contributed by atoms with Gasteiger partial charge in [0.15, 0.2) is 0 Å². The smallest absolute Gasteiger partial charge is 0.0696 e. The van der Waals surface area contributed by atoms with Crippen LogP contribution in [0.4, 0.5) is 0 Å². The number of pyridine rings is 1. The maximum atomic E-state index is 4.33. The molecule has 1 aliphatic heterocycles. The van der Waals surface area contributed by atoms with E-state index < -0.39 is 0 Å².